The predicted octanol–water partition coefficient (Wildman–Crippen LogP) is 3.42. The predicted molar refractivity (Wildman–Crippen MR) is 80.5 cm³/mol. The highest BCUT2D eigenvalue weighted by atomic mass is 19.1. The van der Waals surface area contributed by atoms with Crippen molar-refractivity contribution in [3.63, 3.8) is 0 Å². The fourth-order valence-corrected chi connectivity index (χ4v) is 2.48. The molecule has 1 heterocycles. The summed E-state index contributed by atoms with van der Waals surface area (Å²) in [5.74, 6) is -0.279. The number of carbonyl (C=O) groups is 1. The molecule has 2 aromatic rings. The molecular formula is C17H15FN2O. The summed E-state index contributed by atoms with van der Waals surface area (Å²) in [6.45, 7) is 2.02. The van der Waals surface area contributed by atoms with Gasteiger partial charge in [-0.05, 0) is 47.4 Å². The van der Waals surface area contributed by atoms with E-state index in [0.29, 0.717) is 12.8 Å². The zero-order chi connectivity index (χ0) is 14.8. The Bertz CT molecular complexity index is 720. The van der Waals surface area contributed by atoms with E-state index >= 15 is 0 Å². The maximum atomic E-state index is 13.0. The Balaban J connectivity index is 1.93. The number of nitrogens with zero attached hydrogens (tertiary/aromatic N) is 1. The highest BCUT2D eigenvalue weighted by molar-refractivity contribution is 6.04. The summed E-state index contributed by atoms with van der Waals surface area (Å²) in [6.07, 6.45) is 1.12. The number of halogens is 1. The summed E-state index contributed by atoms with van der Waals surface area (Å²) in [5, 5.41) is 4.10. The molecule has 3 rings (SSSR count). The van der Waals surface area contributed by atoms with Gasteiger partial charge in [0.2, 0.25) is 5.91 Å². The van der Waals surface area contributed by atoms with E-state index in [-0.39, 0.29) is 11.7 Å². The summed E-state index contributed by atoms with van der Waals surface area (Å²) < 4.78 is 13.0. The number of aryl methyl sites for hydroxylation is 1. The minimum Gasteiger partial charge on any atom is -0.273 e. The van der Waals surface area contributed by atoms with Gasteiger partial charge in [-0.25, -0.2) is 9.82 Å². The molecule has 0 saturated heterocycles. The number of hydrogen-bond donors (Lipinski definition) is 1. The lowest BCUT2D eigenvalue weighted by Gasteiger charge is -2.14. The number of benzene rings is 2. The smallest absolute Gasteiger partial charge is 0.240 e. The molecule has 0 saturated carbocycles. The molecule has 1 amide bonds. The molecule has 1 N–H and O–H groups in total. The number of rotatable bonds is 2. The van der Waals surface area contributed by atoms with Crippen LogP contribution >= 0.6 is 0 Å². The molecule has 21 heavy (non-hydrogen) atoms. The van der Waals surface area contributed by atoms with Crippen LogP contribution in [0.15, 0.2) is 47.6 Å². The first-order chi connectivity index (χ1) is 10.1. The van der Waals surface area contributed by atoms with Crippen LogP contribution in [-0.4, -0.2) is 11.6 Å². The SMILES string of the molecule is Cc1cc(C2=NNC(=O)CC2)ccc1-c1ccc(F)cc1. The second-order valence-electron chi connectivity index (χ2n) is 5.13. The van der Waals surface area contributed by atoms with Crippen molar-refractivity contribution < 1.29 is 9.18 Å². The first-order valence-corrected chi connectivity index (χ1v) is 6.86. The summed E-state index contributed by atoms with van der Waals surface area (Å²) >= 11 is 0. The highest BCUT2D eigenvalue weighted by Gasteiger charge is 2.14. The normalized spacial score (nSPS) is 14.6. The van der Waals surface area contributed by atoms with Gasteiger partial charge in [0.05, 0.1) is 5.71 Å². The zero-order valence-corrected chi connectivity index (χ0v) is 11.7. The second kappa shape index (κ2) is 5.48. The molecule has 2 aromatic carbocycles. The molecular weight excluding hydrogens is 267 g/mol. The van der Waals surface area contributed by atoms with Crippen molar-refractivity contribution in [1.29, 1.82) is 0 Å². The van der Waals surface area contributed by atoms with Gasteiger partial charge in [0.25, 0.3) is 0 Å². The standard InChI is InChI=1S/C17H15FN2O/c1-11-10-13(16-8-9-17(21)20-19-16)4-7-15(11)12-2-5-14(18)6-3-12/h2-7,10H,8-9H2,1H3,(H,20,21). The topological polar surface area (TPSA) is 41.5 Å². The lowest BCUT2D eigenvalue weighted by Crippen LogP contribution is -2.25. The third kappa shape index (κ3) is 2.84. The maximum absolute atomic E-state index is 13.0. The summed E-state index contributed by atoms with van der Waals surface area (Å²) in [5.41, 5.74) is 7.56. The van der Waals surface area contributed by atoms with Crippen molar-refractivity contribution in [2.75, 3.05) is 0 Å². The van der Waals surface area contributed by atoms with Gasteiger partial charge in [0.15, 0.2) is 0 Å². The molecule has 4 heteroatoms. The maximum Gasteiger partial charge on any atom is 0.240 e. The largest absolute Gasteiger partial charge is 0.273 e. The van der Waals surface area contributed by atoms with Crippen molar-refractivity contribution in [2.24, 2.45) is 5.10 Å². The Morgan fingerprint density at radius 1 is 1.05 bits per heavy atom. The van der Waals surface area contributed by atoms with Crippen LogP contribution in [0.5, 0.6) is 0 Å². The molecule has 3 nitrogen and oxygen atoms in total. The first kappa shape index (κ1) is 13.5. The second-order valence-corrected chi connectivity index (χ2v) is 5.13. The van der Waals surface area contributed by atoms with Gasteiger partial charge in [-0.15, -0.1) is 0 Å². The molecule has 0 aromatic heterocycles. The van der Waals surface area contributed by atoms with E-state index in [1.807, 2.05) is 19.1 Å². The van der Waals surface area contributed by atoms with E-state index in [1.54, 1.807) is 12.1 Å². The number of hydrazone groups is 1. The molecule has 0 radical (unpaired) electrons. The Labute approximate surface area is 122 Å². The van der Waals surface area contributed by atoms with E-state index in [4.69, 9.17) is 0 Å². The van der Waals surface area contributed by atoms with Gasteiger partial charge in [-0.2, -0.15) is 5.10 Å². The monoisotopic (exact) mass is 282 g/mol. The van der Waals surface area contributed by atoms with Crippen LogP contribution in [0, 0.1) is 12.7 Å². The van der Waals surface area contributed by atoms with E-state index < -0.39 is 0 Å². The van der Waals surface area contributed by atoms with Gasteiger partial charge in [0.1, 0.15) is 5.82 Å². The van der Waals surface area contributed by atoms with Crippen molar-refractivity contribution in [2.45, 2.75) is 19.8 Å². The molecule has 1 aliphatic heterocycles. The fraction of sp³-hybridized carbons (Fsp3) is 0.176. The average molecular weight is 282 g/mol. The summed E-state index contributed by atoms with van der Waals surface area (Å²) in [4.78, 5) is 11.1. The lowest BCUT2D eigenvalue weighted by atomic mass is 9.95. The van der Waals surface area contributed by atoms with Crippen molar-refractivity contribution in [1.82, 2.24) is 5.43 Å². The first-order valence-electron chi connectivity index (χ1n) is 6.86. The molecule has 0 fully saturated rings. The summed E-state index contributed by atoms with van der Waals surface area (Å²) in [7, 11) is 0. The molecule has 0 unspecified atom stereocenters. The van der Waals surface area contributed by atoms with Crippen LogP contribution in [0.1, 0.15) is 24.0 Å². The van der Waals surface area contributed by atoms with Crippen molar-refractivity contribution in [3.8, 4) is 11.1 Å². The van der Waals surface area contributed by atoms with E-state index in [0.717, 1.165) is 28.0 Å². The van der Waals surface area contributed by atoms with E-state index in [1.165, 1.54) is 12.1 Å². The van der Waals surface area contributed by atoms with Crippen LogP contribution in [0.25, 0.3) is 11.1 Å². The zero-order valence-electron chi connectivity index (χ0n) is 11.7. The van der Waals surface area contributed by atoms with Crippen LogP contribution in [0.4, 0.5) is 4.39 Å². The van der Waals surface area contributed by atoms with Crippen molar-refractivity contribution in [3.05, 3.63) is 59.4 Å². The fourth-order valence-electron chi connectivity index (χ4n) is 2.48. The molecule has 106 valence electrons. The Morgan fingerprint density at radius 3 is 2.38 bits per heavy atom. The van der Waals surface area contributed by atoms with Gasteiger partial charge < -0.3 is 0 Å². The number of hydrogen-bond acceptors (Lipinski definition) is 2. The average Bonchev–Trinajstić information content (AvgIpc) is 2.49. The lowest BCUT2D eigenvalue weighted by molar-refractivity contribution is -0.121. The molecule has 0 bridgehead atoms. The van der Waals surface area contributed by atoms with Crippen LogP contribution < -0.4 is 5.43 Å². The van der Waals surface area contributed by atoms with E-state index in [2.05, 4.69) is 16.6 Å². The van der Waals surface area contributed by atoms with Crippen LogP contribution in [0.3, 0.4) is 0 Å². The number of nitrogens with one attached hydrogen (secondary N) is 1. The molecule has 0 atom stereocenters. The number of carbonyl (C=O) groups excluding carboxylic acids is 1. The molecule has 1 aliphatic rings. The third-order valence-electron chi connectivity index (χ3n) is 3.62. The van der Waals surface area contributed by atoms with E-state index in [9.17, 15) is 9.18 Å². The Hall–Kier alpha value is -2.49. The van der Waals surface area contributed by atoms with Gasteiger partial charge >= 0.3 is 0 Å². The molecule has 0 aliphatic carbocycles. The molecule has 0 spiro atoms. The Kier molecular flexibility index (Phi) is 3.52. The van der Waals surface area contributed by atoms with Gasteiger partial charge in [-0.3, -0.25) is 4.79 Å². The summed E-state index contributed by atoms with van der Waals surface area (Å²) in [6, 6.07) is 12.5. The van der Waals surface area contributed by atoms with Gasteiger partial charge in [0, 0.05) is 12.8 Å². The van der Waals surface area contributed by atoms with Crippen LogP contribution in [0.2, 0.25) is 0 Å². The third-order valence-corrected chi connectivity index (χ3v) is 3.62. The Morgan fingerprint density at radius 2 is 1.76 bits per heavy atom. The minimum atomic E-state index is -0.236. The minimum absolute atomic E-state index is 0.0431. The van der Waals surface area contributed by atoms with Crippen molar-refractivity contribution >= 4 is 11.6 Å². The number of amides is 1. The van der Waals surface area contributed by atoms with Gasteiger partial charge in [-0.1, -0.05) is 24.3 Å². The quantitative estimate of drug-likeness (QED) is 0.901. The highest BCUT2D eigenvalue weighted by Crippen LogP contribution is 2.25. The van der Waals surface area contributed by atoms with Crippen LogP contribution in [-0.2, 0) is 4.79 Å².